The van der Waals surface area contributed by atoms with Crippen molar-refractivity contribution in [2.24, 2.45) is 9.98 Å². The molecule has 2 heterocycles. The van der Waals surface area contributed by atoms with Crippen LogP contribution in [0.2, 0.25) is 0 Å². The minimum Gasteiger partial charge on any atom is -0.344 e. The zero-order chi connectivity index (χ0) is 30.9. The average molecular weight is 618 g/mol. The van der Waals surface area contributed by atoms with E-state index in [1.54, 1.807) is 0 Å². The molecule has 1 aromatic heterocycles. The van der Waals surface area contributed by atoms with Crippen molar-refractivity contribution in [1.29, 1.82) is 0 Å². The van der Waals surface area contributed by atoms with Crippen LogP contribution < -0.4 is 5.32 Å². The Labute approximate surface area is 276 Å². The Morgan fingerprint density at radius 3 is 1.98 bits per heavy atom. The third-order valence-electron chi connectivity index (χ3n) is 9.47. The molecule has 0 radical (unpaired) electrons. The van der Waals surface area contributed by atoms with Crippen LogP contribution >= 0.6 is 11.3 Å². The molecule has 220 valence electrons. The van der Waals surface area contributed by atoms with Gasteiger partial charge in [-0.15, -0.1) is 11.3 Å². The molecule has 0 bridgehead atoms. The summed E-state index contributed by atoms with van der Waals surface area (Å²) in [5, 5.41) is 8.96. The monoisotopic (exact) mass is 617 g/mol. The number of fused-ring (bicyclic) bond motifs is 7. The molecule has 1 aliphatic heterocycles. The Balaban J connectivity index is 1.19. The summed E-state index contributed by atoms with van der Waals surface area (Å²) in [5.41, 5.74) is 10.8. The van der Waals surface area contributed by atoms with Gasteiger partial charge >= 0.3 is 0 Å². The molecule has 0 fully saturated rings. The van der Waals surface area contributed by atoms with Gasteiger partial charge in [0.1, 0.15) is 12.0 Å². The summed E-state index contributed by atoms with van der Waals surface area (Å²) in [4.78, 5) is 10.5. The summed E-state index contributed by atoms with van der Waals surface area (Å²) in [6, 6.07) is 54.1. The third-order valence-corrected chi connectivity index (χ3v) is 10.7. The maximum absolute atomic E-state index is 5.34. The van der Waals surface area contributed by atoms with Gasteiger partial charge in [0.25, 0.3) is 0 Å². The molecule has 10 rings (SSSR count). The molecule has 8 aromatic rings. The van der Waals surface area contributed by atoms with E-state index >= 15 is 0 Å². The van der Waals surface area contributed by atoms with Gasteiger partial charge in [0.05, 0.1) is 0 Å². The van der Waals surface area contributed by atoms with Crippen LogP contribution in [0.1, 0.15) is 22.9 Å². The predicted octanol–water partition coefficient (Wildman–Crippen LogP) is 11.0. The van der Waals surface area contributed by atoms with Crippen molar-refractivity contribution in [3.63, 3.8) is 0 Å². The number of thiophene rings is 1. The summed E-state index contributed by atoms with van der Waals surface area (Å²) >= 11 is 1.88. The number of hydrogen-bond acceptors (Lipinski definition) is 4. The van der Waals surface area contributed by atoms with Gasteiger partial charge in [0, 0.05) is 42.2 Å². The van der Waals surface area contributed by atoms with Gasteiger partial charge in [-0.1, -0.05) is 133 Å². The fraction of sp³-hybridized carbons (Fsp3) is 0.0233. The van der Waals surface area contributed by atoms with E-state index in [9.17, 15) is 0 Å². The largest absolute Gasteiger partial charge is 0.344 e. The van der Waals surface area contributed by atoms with E-state index in [4.69, 9.17) is 9.98 Å². The number of hydrogen-bond donors (Lipinski definition) is 1. The van der Waals surface area contributed by atoms with Crippen LogP contribution in [0.4, 0.5) is 0 Å². The van der Waals surface area contributed by atoms with Crippen molar-refractivity contribution in [3.8, 4) is 33.4 Å². The molecule has 1 N–H and O–H groups in total. The van der Waals surface area contributed by atoms with Crippen molar-refractivity contribution in [2.45, 2.75) is 6.17 Å². The van der Waals surface area contributed by atoms with Crippen LogP contribution in [0, 0.1) is 0 Å². The lowest BCUT2D eigenvalue weighted by Gasteiger charge is -2.24. The van der Waals surface area contributed by atoms with Gasteiger partial charge < -0.3 is 5.32 Å². The number of amidine groups is 2. The topological polar surface area (TPSA) is 36.8 Å². The Bertz CT molecular complexity index is 2600. The van der Waals surface area contributed by atoms with Crippen molar-refractivity contribution in [2.75, 3.05) is 0 Å². The molecule has 1 atom stereocenters. The van der Waals surface area contributed by atoms with E-state index in [2.05, 4.69) is 145 Å². The molecule has 0 amide bonds. The van der Waals surface area contributed by atoms with Crippen molar-refractivity contribution in [1.82, 2.24) is 5.32 Å². The van der Waals surface area contributed by atoms with E-state index in [1.807, 2.05) is 23.5 Å². The van der Waals surface area contributed by atoms with Crippen LogP contribution in [0.3, 0.4) is 0 Å². The quantitative estimate of drug-likeness (QED) is 0.210. The van der Waals surface area contributed by atoms with E-state index in [1.165, 1.54) is 58.8 Å². The maximum Gasteiger partial charge on any atom is 0.159 e. The second kappa shape index (κ2) is 10.3. The highest BCUT2D eigenvalue weighted by molar-refractivity contribution is 7.26. The van der Waals surface area contributed by atoms with Crippen LogP contribution in [0.15, 0.2) is 162 Å². The van der Waals surface area contributed by atoms with E-state index < -0.39 is 0 Å². The summed E-state index contributed by atoms with van der Waals surface area (Å²) in [6.07, 6.45) is -0.317. The van der Waals surface area contributed by atoms with E-state index in [0.29, 0.717) is 0 Å². The first kappa shape index (κ1) is 26.4. The van der Waals surface area contributed by atoms with Crippen LogP contribution in [-0.4, -0.2) is 11.7 Å². The average Bonchev–Trinajstić information content (AvgIpc) is 3.69. The first-order valence-corrected chi connectivity index (χ1v) is 16.8. The fourth-order valence-electron chi connectivity index (χ4n) is 7.35. The molecule has 1 aliphatic carbocycles. The number of nitrogens with zero attached hydrogens (tertiary/aromatic N) is 2. The molecule has 0 spiro atoms. The molecule has 0 saturated heterocycles. The molecular weight excluding hydrogens is 591 g/mol. The fourth-order valence-corrected chi connectivity index (χ4v) is 8.60. The smallest absolute Gasteiger partial charge is 0.159 e. The first-order chi connectivity index (χ1) is 23.3. The molecule has 4 heteroatoms. The Kier molecular flexibility index (Phi) is 5.81. The Morgan fingerprint density at radius 2 is 1.15 bits per heavy atom. The highest BCUT2D eigenvalue weighted by Crippen LogP contribution is 2.52. The van der Waals surface area contributed by atoms with Gasteiger partial charge in [0.2, 0.25) is 0 Å². The van der Waals surface area contributed by atoms with Crippen LogP contribution in [0.25, 0.3) is 64.3 Å². The minimum absolute atomic E-state index is 0.317. The molecule has 7 aromatic carbocycles. The molecular formula is C43H27N3S. The molecule has 3 nitrogen and oxygen atoms in total. The Morgan fingerprint density at radius 1 is 0.489 bits per heavy atom. The molecule has 47 heavy (non-hydrogen) atoms. The summed E-state index contributed by atoms with van der Waals surface area (Å²) in [7, 11) is 0. The van der Waals surface area contributed by atoms with Gasteiger partial charge in [-0.3, -0.25) is 0 Å². The molecule has 1 unspecified atom stereocenters. The van der Waals surface area contributed by atoms with E-state index in [0.717, 1.165) is 33.9 Å². The van der Waals surface area contributed by atoms with Crippen molar-refractivity contribution >= 4 is 54.0 Å². The summed E-state index contributed by atoms with van der Waals surface area (Å²) in [6.45, 7) is 0. The minimum atomic E-state index is -0.317. The number of rotatable bonds is 4. The summed E-state index contributed by atoms with van der Waals surface area (Å²) < 4.78 is 2.59. The Hall–Kier alpha value is -5.84. The second-order valence-electron chi connectivity index (χ2n) is 12.2. The predicted molar refractivity (Wildman–Crippen MR) is 199 cm³/mol. The number of nitrogens with one attached hydrogen (secondary N) is 1. The lowest BCUT2D eigenvalue weighted by Crippen LogP contribution is -2.33. The normalized spacial score (nSPS) is 15.0. The molecule has 0 saturated carbocycles. The van der Waals surface area contributed by atoms with Crippen LogP contribution in [0.5, 0.6) is 0 Å². The lowest BCUT2D eigenvalue weighted by atomic mass is 9.97. The molecule has 2 aliphatic rings. The zero-order valence-electron chi connectivity index (χ0n) is 25.3. The third kappa shape index (κ3) is 4.12. The summed E-state index contributed by atoms with van der Waals surface area (Å²) in [5.74, 6) is 1.55. The highest BCUT2D eigenvalue weighted by atomic mass is 32.1. The lowest BCUT2D eigenvalue weighted by molar-refractivity contribution is 0.680. The second-order valence-corrected chi connectivity index (χ2v) is 13.2. The van der Waals surface area contributed by atoms with Gasteiger partial charge in [-0.25, -0.2) is 9.98 Å². The van der Waals surface area contributed by atoms with Gasteiger partial charge in [-0.2, -0.15) is 0 Å². The highest BCUT2D eigenvalue weighted by Gasteiger charge is 2.27. The van der Waals surface area contributed by atoms with Crippen molar-refractivity contribution < 1.29 is 0 Å². The van der Waals surface area contributed by atoms with Gasteiger partial charge in [0.15, 0.2) is 5.84 Å². The van der Waals surface area contributed by atoms with Crippen LogP contribution in [-0.2, 0) is 0 Å². The number of benzene rings is 7. The first-order valence-electron chi connectivity index (χ1n) is 16.0. The SMILES string of the molecule is c1ccc(C2=NC(c3cccc(-c4ccccc4)c3)=NC(c3cccc4sc5c6cccc7c6c(cc5c34)-c3ccccc3-7)N2)cc1. The maximum atomic E-state index is 5.34. The van der Waals surface area contributed by atoms with Crippen molar-refractivity contribution in [3.05, 3.63) is 168 Å². The zero-order valence-corrected chi connectivity index (χ0v) is 26.1. The number of aliphatic imine (C=N–C) groups is 2. The van der Waals surface area contributed by atoms with E-state index in [-0.39, 0.29) is 6.17 Å². The van der Waals surface area contributed by atoms with Gasteiger partial charge in [-0.05, 0) is 57.0 Å². The standard InChI is InChI=1S/C43H27N3S/c1-3-12-26(13-4-1)28-16-9-17-29(24-28)42-44-41(27-14-5-2-6-15-27)45-43(46-42)34-22-11-23-37-39(34)36-25-35-31-19-8-7-18-30(31)32-20-10-21-33(38(32)35)40(36)47-37/h1-25,43H,(H,44,45,46).